The maximum absolute atomic E-state index is 14.1. The molecule has 6 nitrogen and oxygen atoms in total. The van der Waals surface area contributed by atoms with Crippen molar-refractivity contribution in [2.45, 2.75) is 4.90 Å². The fourth-order valence-electron chi connectivity index (χ4n) is 2.54. The molecule has 26 heavy (non-hydrogen) atoms. The number of morpholine rings is 1. The predicted octanol–water partition coefficient (Wildman–Crippen LogP) is 2.24. The molecule has 2 aromatic rings. The molecule has 1 N–H and O–H groups in total. The number of anilines is 1. The molecule has 9 heteroatoms. The summed E-state index contributed by atoms with van der Waals surface area (Å²) in [6.45, 7) is 0.671. The quantitative estimate of drug-likeness (QED) is 0.880. The number of amides is 1. The highest BCUT2D eigenvalue weighted by molar-refractivity contribution is 7.89. The highest BCUT2D eigenvalue weighted by Crippen LogP contribution is 2.22. The van der Waals surface area contributed by atoms with Crippen molar-refractivity contribution in [2.24, 2.45) is 0 Å². The molecule has 1 saturated heterocycles. The van der Waals surface area contributed by atoms with Gasteiger partial charge in [0.05, 0.1) is 13.2 Å². The van der Waals surface area contributed by atoms with Gasteiger partial charge in [0.25, 0.3) is 5.91 Å². The molecule has 1 fully saturated rings. The average Bonchev–Trinajstić information content (AvgIpc) is 2.62. The van der Waals surface area contributed by atoms with Crippen molar-refractivity contribution in [1.29, 1.82) is 0 Å². The van der Waals surface area contributed by atoms with Crippen molar-refractivity contribution in [3.05, 3.63) is 59.7 Å². The fourth-order valence-corrected chi connectivity index (χ4v) is 4.04. The zero-order valence-corrected chi connectivity index (χ0v) is 14.4. The van der Waals surface area contributed by atoms with Gasteiger partial charge in [-0.05, 0) is 36.4 Å². The number of nitrogens with one attached hydrogen (secondary N) is 1. The van der Waals surface area contributed by atoms with Crippen LogP contribution >= 0.6 is 0 Å². The van der Waals surface area contributed by atoms with E-state index in [-0.39, 0.29) is 37.6 Å². The molecule has 0 radical (unpaired) electrons. The Hall–Kier alpha value is -2.36. The third-order valence-electron chi connectivity index (χ3n) is 3.86. The first-order valence-electron chi connectivity index (χ1n) is 7.82. The highest BCUT2D eigenvalue weighted by Gasteiger charge is 2.29. The van der Waals surface area contributed by atoms with E-state index in [2.05, 4.69) is 5.32 Å². The average molecular weight is 382 g/mol. The Morgan fingerprint density at radius 3 is 2.50 bits per heavy atom. The van der Waals surface area contributed by atoms with Gasteiger partial charge in [0.2, 0.25) is 10.0 Å². The van der Waals surface area contributed by atoms with Crippen LogP contribution in [0, 0.1) is 11.6 Å². The van der Waals surface area contributed by atoms with Crippen molar-refractivity contribution in [3.8, 4) is 0 Å². The minimum absolute atomic E-state index is 0.0532. The number of rotatable bonds is 4. The second-order valence-corrected chi connectivity index (χ2v) is 7.53. The second-order valence-electron chi connectivity index (χ2n) is 5.63. The Morgan fingerprint density at radius 1 is 1.08 bits per heavy atom. The van der Waals surface area contributed by atoms with E-state index < -0.39 is 32.5 Å². The van der Waals surface area contributed by atoms with Crippen molar-refractivity contribution in [3.63, 3.8) is 0 Å². The van der Waals surface area contributed by atoms with Crippen LogP contribution in [0.25, 0.3) is 0 Å². The van der Waals surface area contributed by atoms with Crippen LogP contribution in [0.2, 0.25) is 0 Å². The monoisotopic (exact) mass is 382 g/mol. The molecule has 1 amide bonds. The molecule has 0 unspecified atom stereocenters. The van der Waals surface area contributed by atoms with E-state index in [1.807, 2.05) is 0 Å². The van der Waals surface area contributed by atoms with Gasteiger partial charge in [-0.3, -0.25) is 4.79 Å². The first-order chi connectivity index (χ1) is 12.4. The summed E-state index contributed by atoms with van der Waals surface area (Å²) in [4.78, 5) is 11.7. The molecular formula is C17H16F2N2O4S. The van der Waals surface area contributed by atoms with Crippen molar-refractivity contribution >= 4 is 21.6 Å². The second kappa shape index (κ2) is 7.48. The Kier molecular flexibility index (Phi) is 5.30. The van der Waals surface area contributed by atoms with Crippen molar-refractivity contribution in [1.82, 2.24) is 4.31 Å². The smallest absolute Gasteiger partial charge is 0.255 e. The number of hydrogen-bond donors (Lipinski definition) is 1. The van der Waals surface area contributed by atoms with Crippen LogP contribution in [0.5, 0.6) is 0 Å². The van der Waals surface area contributed by atoms with Gasteiger partial charge in [-0.15, -0.1) is 0 Å². The van der Waals surface area contributed by atoms with Crippen LogP contribution in [0.1, 0.15) is 10.4 Å². The molecule has 1 heterocycles. The summed E-state index contributed by atoms with van der Waals surface area (Å²) in [7, 11) is -4.09. The van der Waals surface area contributed by atoms with Crippen LogP contribution < -0.4 is 5.32 Å². The van der Waals surface area contributed by atoms with Crippen molar-refractivity contribution in [2.75, 3.05) is 31.6 Å². The van der Waals surface area contributed by atoms with Crippen LogP contribution in [0.4, 0.5) is 14.5 Å². The number of sulfonamides is 1. The summed E-state index contributed by atoms with van der Waals surface area (Å²) < 4.78 is 58.8. The molecule has 1 aliphatic heterocycles. The first-order valence-corrected chi connectivity index (χ1v) is 9.26. The van der Waals surface area contributed by atoms with Gasteiger partial charge in [-0.1, -0.05) is 6.07 Å². The Balaban J connectivity index is 1.88. The lowest BCUT2D eigenvalue weighted by Gasteiger charge is -2.26. The minimum Gasteiger partial charge on any atom is -0.379 e. The van der Waals surface area contributed by atoms with E-state index >= 15 is 0 Å². The largest absolute Gasteiger partial charge is 0.379 e. The van der Waals surface area contributed by atoms with Crippen LogP contribution in [-0.2, 0) is 14.8 Å². The third kappa shape index (κ3) is 3.90. The lowest BCUT2D eigenvalue weighted by atomic mass is 10.2. The lowest BCUT2D eigenvalue weighted by Crippen LogP contribution is -2.41. The number of hydrogen-bond acceptors (Lipinski definition) is 4. The molecule has 0 aromatic heterocycles. The Morgan fingerprint density at radius 2 is 1.81 bits per heavy atom. The Bertz CT molecular complexity index is 928. The topological polar surface area (TPSA) is 75.7 Å². The molecule has 0 saturated carbocycles. The maximum Gasteiger partial charge on any atom is 0.255 e. The molecule has 0 bridgehead atoms. The lowest BCUT2D eigenvalue weighted by molar-refractivity contribution is 0.0729. The summed E-state index contributed by atoms with van der Waals surface area (Å²) in [5.41, 5.74) is 0.152. The summed E-state index contributed by atoms with van der Waals surface area (Å²) in [6, 6.07) is 8.32. The number of carbonyl (C=O) groups is 1. The normalized spacial score (nSPS) is 15.6. The third-order valence-corrected chi connectivity index (χ3v) is 5.78. The molecule has 138 valence electrons. The van der Waals surface area contributed by atoms with E-state index in [4.69, 9.17) is 4.74 Å². The first kappa shape index (κ1) is 18.4. The van der Waals surface area contributed by atoms with E-state index in [1.54, 1.807) is 0 Å². The number of halogens is 2. The summed E-state index contributed by atoms with van der Waals surface area (Å²) >= 11 is 0. The van der Waals surface area contributed by atoms with Gasteiger partial charge in [-0.25, -0.2) is 17.2 Å². The van der Waals surface area contributed by atoms with E-state index in [1.165, 1.54) is 24.3 Å². The standard InChI is InChI=1S/C17H16F2N2O4S/c18-13-2-1-3-14(11-13)20-17(22)12-4-5-15(19)16(10-12)26(23,24)21-6-8-25-9-7-21/h1-5,10-11H,6-9H2,(H,20,22). The highest BCUT2D eigenvalue weighted by atomic mass is 32.2. The fraction of sp³-hybridized carbons (Fsp3) is 0.235. The van der Waals surface area contributed by atoms with E-state index in [9.17, 15) is 22.0 Å². The Labute approximate surface area is 149 Å². The summed E-state index contributed by atoms with van der Waals surface area (Å²) in [5.74, 6) is -2.15. The van der Waals surface area contributed by atoms with Gasteiger partial charge < -0.3 is 10.1 Å². The predicted molar refractivity (Wildman–Crippen MR) is 90.3 cm³/mol. The van der Waals surface area contributed by atoms with Crippen molar-refractivity contribution < 1.29 is 26.7 Å². The molecule has 0 atom stereocenters. The number of carbonyl (C=O) groups excluding carboxylic acids is 1. The van der Waals surface area contributed by atoms with Gasteiger partial charge in [0.1, 0.15) is 16.5 Å². The van der Waals surface area contributed by atoms with Gasteiger partial charge in [0, 0.05) is 24.3 Å². The van der Waals surface area contributed by atoms with E-state index in [0.29, 0.717) is 0 Å². The zero-order valence-electron chi connectivity index (χ0n) is 13.6. The van der Waals surface area contributed by atoms with Gasteiger partial charge >= 0.3 is 0 Å². The van der Waals surface area contributed by atoms with Crippen LogP contribution in [0.15, 0.2) is 47.4 Å². The molecular weight excluding hydrogens is 366 g/mol. The van der Waals surface area contributed by atoms with Crippen LogP contribution in [-0.4, -0.2) is 44.9 Å². The molecule has 2 aromatic carbocycles. The SMILES string of the molecule is O=C(Nc1cccc(F)c1)c1ccc(F)c(S(=O)(=O)N2CCOCC2)c1. The van der Waals surface area contributed by atoms with Gasteiger partial charge in [0.15, 0.2) is 0 Å². The minimum atomic E-state index is -4.09. The van der Waals surface area contributed by atoms with Gasteiger partial charge in [-0.2, -0.15) is 4.31 Å². The molecule has 0 aliphatic carbocycles. The van der Waals surface area contributed by atoms with Crippen LogP contribution in [0.3, 0.4) is 0 Å². The summed E-state index contributed by atoms with van der Waals surface area (Å²) in [6.07, 6.45) is 0. The molecule has 3 rings (SSSR count). The number of nitrogens with zero attached hydrogens (tertiary/aromatic N) is 1. The number of benzene rings is 2. The van der Waals surface area contributed by atoms with E-state index in [0.717, 1.165) is 22.5 Å². The maximum atomic E-state index is 14.1. The number of ether oxygens (including phenoxy) is 1. The summed E-state index contributed by atoms with van der Waals surface area (Å²) in [5, 5.41) is 2.45. The zero-order chi connectivity index (χ0) is 18.7. The molecule has 1 aliphatic rings. The molecule has 0 spiro atoms.